The van der Waals surface area contributed by atoms with Crippen molar-refractivity contribution < 1.29 is 227 Å². The molecule has 9 saturated heterocycles. The van der Waals surface area contributed by atoms with Crippen LogP contribution in [0.5, 0.6) is 0 Å². The molecule has 0 bridgehead atoms. The molecular formula is C64H107N5O46. The molecule has 9 fully saturated rings. The van der Waals surface area contributed by atoms with Crippen LogP contribution in [0.2, 0.25) is 0 Å². The summed E-state index contributed by atoms with van der Waals surface area (Å²) in [6, 6.07) is -9.05. The third-order valence-corrected chi connectivity index (χ3v) is 20.7. The molecule has 9 aliphatic rings. The van der Waals surface area contributed by atoms with E-state index in [0.717, 1.165) is 34.6 Å². The molecule has 0 aromatic heterocycles. The van der Waals surface area contributed by atoms with E-state index in [1.807, 2.05) is 0 Å². The van der Waals surface area contributed by atoms with Crippen LogP contribution in [0.1, 0.15) is 34.6 Å². The first-order valence-electron chi connectivity index (χ1n) is 36.6. The molecule has 0 unspecified atom stereocenters. The topological polar surface area (TPSA) is 788 Å². The summed E-state index contributed by atoms with van der Waals surface area (Å²) >= 11 is 0. The summed E-state index contributed by atoms with van der Waals surface area (Å²) in [5, 5.41) is 280. The van der Waals surface area contributed by atoms with Crippen LogP contribution in [0.4, 0.5) is 0 Å². The third kappa shape index (κ3) is 21.4. The fourth-order valence-electron chi connectivity index (χ4n) is 14.8. The van der Waals surface area contributed by atoms with Gasteiger partial charge in [-0.2, -0.15) is 0 Å². The van der Waals surface area contributed by atoms with Gasteiger partial charge in [-0.1, -0.05) is 0 Å². The minimum Gasteiger partial charge on any atom is -0.394 e. The number of aliphatic hydroxyl groups is 24. The highest BCUT2D eigenvalue weighted by molar-refractivity contribution is 5.75. The first-order valence-corrected chi connectivity index (χ1v) is 36.6. The third-order valence-electron chi connectivity index (χ3n) is 20.7. The van der Waals surface area contributed by atoms with E-state index in [-0.39, 0.29) is 0 Å². The maximum Gasteiger partial charge on any atom is 0.217 e. The zero-order valence-corrected chi connectivity index (χ0v) is 62.1. The van der Waals surface area contributed by atoms with Crippen molar-refractivity contribution in [1.82, 2.24) is 26.6 Å². The molecule has 45 atom stereocenters. The average molecular weight is 1680 g/mol. The molecule has 664 valence electrons. The molecule has 0 aromatic carbocycles. The van der Waals surface area contributed by atoms with Crippen LogP contribution in [0.15, 0.2) is 0 Å². The maximum atomic E-state index is 13.1. The highest BCUT2D eigenvalue weighted by atomic mass is 16.8. The molecule has 0 aromatic rings. The van der Waals surface area contributed by atoms with E-state index in [9.17, 15) is 147 Å². The fourth-order valence-corrected chi connectivity index (χ4v) is 14.8. The van der Waals surface area contributed by atoms with Crippen LogP contribution in [-0.4, -0.2) is 488 Å². The van der Waals surface area contributed by atoms with Crippen molar-refractivity contribution in [2.75, 3.05) is 59.5 Å². The Morgan fingerprint density at radius 2 is 0.487 bits per heavy atom. The predicted octanol–water partition coefficient (Wildman–Crippen LogP) is -19.9. The van der Waals surface area contributed by atoms with Gasteiger partial charge in [0.15, 0.2) is 56.6 Å². The van der Waals surface area contributed by atoms with E-state index in [0.29, 0.717) is 0 Å². The number of amides is 5. The summed E-state index contributed by atoms with van der Waals surface area (Å²) in [5.41, 5.74) is 0. The van der Waals surface area contributed by atoms with E-state index >= 15 is 0 Å². The maximum absolute atomic E-state index is 13.1. The van der Waals surface area contributed by atoms with Gasteiger partial charge in [0.25, 0.3) is 0 Å². The average Bonchev–Trinajstić information content (AvgIpc) is 0.780. The Morgan fingerprint density at radius 3 is 0.913 bits per heavy atom. The Morgan fingerprint density at radius 1 is 0.226 bits per heavy atom. The zero-order valence-electron chi connectivity index (χ0n) is 62.1. The van der Waals surface area contributed by atoms with Gasteiger partial charge in [0.05, 0.1) is 59.5 Å². The molecule has 5 amide bonds. The summed E-state index contributed by atoms with van der Waals surface area (Å²) < 4.78 is 101. The monoisotopic (exact) mass is 1680 g/mol. The second-order valence-electron chi connectivity index (χ2n) is 28.9. The van der Waals surface area contributed by atoms with Crippen molar-refractivity contribution in [1.29, 1.82) is 0 Å². The lowest BCUT2D eigenvalue weighted by atomic mass is 9.93. The number of ether oxygens (including phenoxy) is 17. The quantitative estimate of drug-likeness (QED) is 0.0318. The SMILES string of the molecule is CC(=O)N[C@@H]1[C@@H](O)[C@H](O[C@@H]2O[C@H](CO)[C@@H](O[C@@H]3O[C@H](CO[C@H]4O[C@H](CO)[C@@H](O)[C@H](O)[C@@H]4O[C@@H]4O[C@H](CO)[C@@H](O[C@@H]5O[C@H](CO)[C@H](O)[C@H](O)[C@H]5O)[C@H](O)[C@H]4NC(C)=O)[C@@H](O)[C@H](O[C@H]4O[C@H](CO[C@@H]5O[C@H](CO)[C@@H](O)[C@H](O)[C@H]5NC(C)=O)[C@@H](O)[C@H](O)[C@@H]4O[C@@H]4O[C@H](CO)[C@@H](O)[C@H](O)[C@H]4NC(C)=O)[C@@H]3O)[C@H](O)[C@H]2NC(C)=O)[C@@H](CO)O[C@H]1O. The number of carbonyl (C=O) groups excluding carboxylic acids is 5. The van der Waals surface area contributed by atoms with Crippen molar-refractivity contribution in [2.45, 2.75) is 311 Å². The zero-order chi connectivity index (χ0) is 84.8. The van der Waals surface area contributed by atoms with Crippen LogP contribution in [-0.2, 0) is 104 Å². The molecule has 0 spiro atoms. The first-order chi connectivity index (χ1) is 54.4. The number of carbonyl (C=O) groups is 5. The molecule has 51 nitrogen and oxygen atoms in total. The fraction of sp³-hybridized carbons (Fsp3) is 0.922. The van der Waals surface area contributed by atoms with Gasteiger partial charge < -0.3 is 230 Å². The molecule has 0 saturated carbocycles. The summed E-state index contributed by atoms with van der Waals surface area (Å²) in [4.78, 5) is 63.3. The van der Waals surface area contributed by atoms with Crippen molar-refractivity contribution >= 4 is 29.5 Å². The van der Waals surface area contributed by atoms with Gasteiger partial charge in [-0.05, 0) is 0 Å². The highest BCUT2D eigenvalue weighted by Gasteiger charge is 2.61. The van der Waals surface area contributed by atoms with Gasteiger partial charge in [0.2, 0.25) is 29.5 Å². The Kier molecular flexibility index (Phi) is 34.1. The van der Waals surface area contributed by atoms with E-state index < -0.39 is 365 Å². The van der Waals surface area contributed by atoms with Crippen LogP contribution in [0, 0.1) is 0 Å². The van der Waals surface area contributed by atoms with E-state index in [1.54, 1.807) is 0 Å². The second kappa shape index (κ2) is 41.5. The lowest BCUT2D eigenvalue weighted by Gasteiger charge is -2.51. The van der Waals surface area contributed by atoms with Crippen molar-refractivity contribution in [3.8, 4) is 0 Å². The molecule has 0 aliphatic carbocycles. The van der Waals surface area contributed by atoms with Gasteiger partial charge in [0, 0.05) is 34.6 Å². The summed E-state index contributed by atoms with van der Waals surface area (Å²) in [5.74, 6) is -4.42. The number of nitrogens with one attached hydrogen (secondary N) is 5. The largest absolute Gasteiger partial charge is 0.394 e. The first kappa shape index (κ1) is 94.6. The Bertz CT molecular complexity index is 3100. The molecule has 51 heteroatoms. The number of hydrogen-bond acceptors (Lipinski definition) is 46. The van der Waals surface area contributed by atoms with Gasteiger partial charge in [-0.3, -0.25) is 24.0 Å². The van der Waals surface area contributed by atoms with Gasteiger partial charge in [-0.25, -0.2) is 0 Å². The number of rotatable bonds is 30. The Labute approximate surface area is 651 Å². The lowest BCUT2D eigenvalue weighted by molar-refractivity contribution is -0.398. The Hall–Kier alpha value is -4.29. The van der Waals surface area contributed by atoms with Gasteiger partial charge >= 0.3 is 0 Å². The van der Waals surface area contributed by atoms with Crippen LogP contribution in [0.3, 0.4) is 0 Å². The molecule has 9 heterocycles. The molecular weight excluding hydrogens is 1570 g/mol. The van der Waals surface area contributed by atoms with Crippen molar-refractivity contribution in [3.63, 3.8) is 0 Å². The molecule has 29 N–H and O–H groups in total. The second-order valence-corrected chi connectivity index (χ2v) is 28.9. The summed E-state index contributed by atoms with van der Waals surface area (Å²) in [6.07, 6.45) is -83.6. The standard InChI is InChI=1S/C64H107N5O46/c1-15(77)65-29-42(90)50(24(10-74)101-56(29)98)110-59-32(68-18(4)80)43(91)52(26(12-76)106-59)112-62-49(97)53(113-64-55(115-58-31(67-17(3)79)41(89)35(83)21(7-71)103-58)47(95)38(86)27(109-64)13-99-57-30(66-16(2)78)40(88)34(82)20(6-70)102-57)39(87)28(108-62)14-100-63-54(46(94)37(85)23(9-73)105-63)114-60-33(69-19(5)81)44(92)51(25(11-75)107-60)111-61-48(96)45(93)36(84)22(8-72)104-61/h20-64,70-76,82-98H,6-14H2,1-5H3,(H,65,77)(H,66,78)(H,67,79)(H,68,80)(H,69,81)/t20-,21-,22-,23-,24-,25-,26-,27-,28-,29-,30-,31-,32-,33-,34-,35-,36+,37-,38-,39-,40-,41-,42-,43-,44-,45+,46+,47+,48-,49+,50-,51-,52-,53+,54+,55+,56-,57-,58+,59+,60+,61+,62+,63+,64-/m1/s1. The summed E-state index contributed by atoms with van der Waals surface area (Å²) in [7, 11) is 0. The normalized spacial score (nSPS) is 47.9. The minimum absolute atomic E-state index is 0.795. The minimum atomic E-state index is -2.62. The molecule has 9 rings (SSSR count). The lowest BCUT2D eigenvalue weighted by Crippen LogP contribution is -2.71. The van der Waals surface area contributed by atoms with Crippen LogP contribution < -0.4 is 26.6 Å². The highest BCUT2D eigenvalue weighted by Crippen LogP contribution is 2.40. The van der Waals surface area contributed by atoms with Gasteiger partial charge in [0.1, 0.15) is 219 Å². The van der Waals surface area contributed by atoms with E-state index in [4.69, 9.17) is 80.5 Å². The van der Waals surface area contributed by atoms with Crippen LogP contribution in [0.25, 0.3) is 0 Å². The summed E-state index contributed by atoms with van der Waals surface area (Å²) in [6.45, 7) is -4.88. The molecule has 115 heavy (non-hydrogen) atoms. The van der Waals surface area contributed by atoms with Gasteiger partial charge in [-0.15, -0.1) is 0 Å². The number of aliphatic hydroxyl groups excluding tert-OH is 24. The molecule has 9 aliphatic heterocycles. The van der Waals surface area contributed by atoms with Crippen LogP contribution >= 0.6 is 0 Å². The number of hydrogen-bond donors (Lipinski definition) is 29. The predicted molar refractivity (Wildman–Crippen MR) is 355 cm³/mol. The Balaban J connectivity index is 1.09. The molecule has 0 radical (unpaired) electrons. The van der Waals surface area contributed by atoms with Crippen molar-refractivity contribution in [2.24, 2.45) is 0 Å². The smallest absolute Gasteiger partial charge is 0.217 e. The van der Waals surface area contributed by atoms with Crippen molar-refractivity contribution in [3.05, 3.63) is 0 Å². The van der Waals surface area contributed by atoms with E-state index in [1.165, 1.54) is 0 Å². The van der Waals surface area contributed by atoms with E-state index in [2.05, 4.69) is 26.6 Å².